The van der Waals surface area contributed by atoms with E-state index in [-0.39, 0.29) is 34.2 Å². The van der Waals surface area contributed by atoms with Gasteiger partial charge in [-0.25, -0.2) is 15.3 Å². The maximum atomic E-state index is 11.8. The second kappa shape index (κ2) is 7.07. The first kappa shape index (κ1) is 18.7. The van der Waals surface area contributed by atoms with E-state index in [9.17, 15) is 19.5 Å². The normalized spacial score (nSPS) is 18.9. The molecule has 2 aliphatic heterocycles. The molecule has 28 heavy (non-hydrogen) atoms. The number of fused-ring (bicyclic) bond motifs is 2. The molecule has 146 valence electrons. The van der Waals surface area contributed by atoms with Crippen molar-refractivity contribution in [3.63, 3.8) is 0 Å². The van der Waals surface area contributed by atoms with Gasteiger partial charge in [-0.2, -0.15) is 9.50 Å². The summed E-state index contributed by atoms with van der Waals surface area (Å²) in [7, 11) is 0. The summed E-state index contributed by atoms with van der Waals surface area (Å²) < 4.78 is 1.45. The zero-order valence-corrected chi connectivity index (χ0v) is 16.1. The first-order chi connectivity index (χ1) is 13.4. The van der Waals surface area contributed by atoms with Crippen LogP contribution in [0.15, 0.2) is 22.4 Å². The zero-order chi connectivity index (χ0) is 20.0. The van der Waals surface area contributed by atoms with E-state index in [1.54, 1.807) is 6.92 Å². The number of hydrogen-bond acceptors (Lipinski definition) is 9. The molecule has 0 saturated carbocycles. The van der Waals surface area contributed by atoms with Crippen LogP contribution in [0.25, 0.3) is 5.78 Å². The third-order valence-electron chi connectivity index (χ3n) is 4.25. The molecule has 2 aromatic rings. The van der Waals surface area contributed by atoms with Crippen LogP contribution in [0.4, 0.5) is 0 Å². The third kappa shape index (κ3) is 3.10. The highest BCUT2D eigenvalue weighted by molar-refractivity contribution is 8.01. The first-order valence-corrected chi connectivity index (χ1v) is 10.1. The Balaban J connectivity index is 1.68. The number of hydroxylamine groups is 1. The van der Waals surface area contributed by atoms with Gasteiger partial charge in [0, 0.05) is 17.6 Å². The molecule has 0 aromatic carbocycles. The highest BCUT2D eigenvalue weighted by Gasteiger charge is 2.45. The quantitative estimate of drug-likeness (QED) is 0.202. The Morgan fingerprint density at radius 1 is 1.43 bits per heavy atom. The van der Waals surface area contributed by atoms with Crippen molar-refractivity contribution >= 4 is 47.1 Å². The number of nitrogens with one attached hydrogen (secondary N) is 1. The van der Waals surface area contributed by atoms with Gasteiger partial charge in [0.15, 0.2) is 0 Å². The van der Waals surface area contributed by atoms with E-state index in [4.69, 9.17) is 5.21 Å². The number of β-lactam (4-membered cyclic amide) rings is 1. The van der Waals surface area contributed by atoms with Crippen LogP contribution in [0.3, 0.4) is 0 Å². The lowest BCUT2D eigenvalue weighted by Crippen LogP contribution is -2.54. The monoisotopic (exact) mass is 422 g/mol. The Hall–Kier alpha value is -2.64. The van der Waals surface area contributed by atoms with Crippen LogP contribution in [0.1, 0.15) is 22.7 Å². The van der Waals surface area contributed by atoms with E-state index in [1.807, 2.05) is 0 Å². The second-order valence-corrected chi connectivity index (χ2v) is 8.23. The van der Waals surface area contributed by atoms with Gasteiger partial charge in [-0.3, -0.25) is 19.7 Å². The second-order valence-electron chi connectivity index (χ2n) is 6.07. The van der Waals surface area contributed by atoms with E-state index in [0.717, 1.165) is 0 Å². The summed E-state index contributed by atoms with van der Waals surface area (Å²) >= 11 is 2.77. The Kier molecular flexibility index (Phi) is 4.72. The summed E-state index contributed by atoms with van der Waals surface area (Å²) in [5.74, 6) is -0.713. The summed E-state index contributed by atoms with van der Waals surface area (Å²) in [4.78, 5) is 44.8. The summed E-state index contributed by atoms with van der Waals surface area (Å²) in [5, 5.41) is 23.1. The number of aliphatic carboxylic acids is 1. The van der Waals surface area contributed by atoms with Crippen LogP contribution >= 0.6 is 23.5 Å². The summed E-state index contributed by atoms with van der Waals surface area (Å²) in [6.45, 7) is 1.67. The van der Waals surface area contributed by atoms with Crippen LogP contribution < -0.4 is 5.48 Å². The Morgan fingerprint density at radius 3 is 2.89 bits per heavy atom. The molecule has 11 nitrogen and oxygen atoms in total. The number of carboxylic acid groups (broad SMARTS) is 1. The summed E-state index contributed by atoms with van der Waals surface area (Å²) in [6, 6.07) is 1.44. The molecular formula is C15H14N6O5S2. The number of hydrogen-bond donors (Lipinski definition) is 3. The van der Waals surface area contributed by atoms with Crippen molar-refractivity contribution in [2.45, 2.75) is 23.7 Å². The maximum Gasteiger partial charge on any atom is 0.352 e. The number of nitrogens with zero attached hydrogens (tertiary/aromatic N) is 5. The topological polar surface area (TPSA) is 150 Å². The SMILES string of the molecule is Cc1nc2nc(C(=O)NO)cc(SCC3=C(C(=O)O)N4C(=O)CC4SC3)n2n1. The molecule has 3 N–H and O–H groups in total. The van der Waals surface area contributed by atoms with E-state index in [2.05, 4.69) is 15.1 Å². The Bertz CT molecular complexity index is 1050. The molecule has 1 unspecified atom stereocenters. The number of carboxylic acids is 1. The summed E-state index contributed by atoms with van der Waals surface area (Å²) in [5.41, 5.74) is 2.12. The van der Waals surface area contributed by atoms with Crippen LogP contribution in [0.5, 0.6) is 0 Å². The van der Waals surface area contributed by atoms with E-state index >= 15 is 0 Å². The molecule has 13 heteroatoms. The van der Waals surface area contributed by atoms with Gasteiger partial charge >= 0.3 is 5.97 Å². The average Bonchev–Trinajstić information content (AvgIpc) is 3.04. The van der Waals surface area contributed by atoms with Crippen molar-refractivity contribution in [3.05, 3.63) is 28.9 Å². The highest BCUT2D eigenvalue weighted by atomic mass is 32.2. The van der Waals surface area contributed by atoms with Crippen LogP contribution in [0, 0.1) is 6.92 Å². The highest BCUT2D eigenvalue weighted by Crippen LogP contribution is 2.41. The van der Waals surface area contributed by atoms with Gasteiger partial charge < -0.3 is 5.11 Å². The molecule has 0 aliphatic carbocycles. The van der Waals surface area contributed by atoms with E-state index < -0.39 is 11.9 Å². The van der Waals surface area contributed by atoms with Gasteiger partial charge in [0.2, 0.25) is 5.91 Å². The number of amides is 2. The third-order valence-corrected chi connectivity index (χ3v) is 6.60. The lowest BCUT2D eigenvalue weighted by atomic mass is 10.1. The number of aromatic nitrogens is 4. The van der Waals surface area contributed by atoms with Crippen molar-refractivity contribution in [2.24, 2.45) is 0 Å². The molecule has 0 radical (unpaired) electrons. The molecule has 2 aromatic heterocycles. The number of rotatable bonds is 5. The standard InChI is InChI=1S/C15H14N6O5S2/c1-6-16-15-17-8(13(23)19-26)2-11(21(15)18-6)28-5-7-4-27-10-3-9(22)20(10)12(7)14(24)25/h2,10,26H,3-5H2,1H3,(H,19,23)(H,24,25). The smallest absolute Gasteiger partial charge is 0.352 e. The fourth-order valence-electron chi connectivity index (χ4n) is 2.97. The largest absolute Gasteiger partial charge is 0.477 e. The number of carbonyl (C=O) groups is 3. The number of thioether (sulfide) groups is 2. The average molecular weight is 422 g/mol. The number of aryl methyl sites for hydroxylation is 1. The van der Waals surface area contributed by atoms with Gasteiger partial charge in [-0.1, -0.05) is 0 Å². The molecule has 1 saturated heterocycles. The maximum absolute atomic E-state index is 11.8. The van der Waals surface area contributed by atoms with Crippen LogP contribution in [-0.4, -0.2) is 69.5 Å². The number of carbonyl (C=O) groups excluding carboxylic acids is 2. The Morgan fingerprint density at radius 2 is 2.21 bits per heavy atom. The van der Waals surface area contributed by atoms with Crippen molar-refractivity contribution in [3.8, 4) is 0 Å². The minimum atomic E-state index is -1.13. The van der Waals surface area contributed by atoms with Gasteiger partial charge in [-0.05, 0) is 12.5 Å². The fraction of sp³-hybridized carbons (Fsp3) is 0.333. The Labute approximate surface area is 166 Å². The molecule has 4 heterocycles. The van der Waals surface area contributed by atoms with Gasteiger partial charge in [0.25, 0.3) is 11.7 Å². The molecule has 1 fully saturated rings. The lowest BCUT2D eigenvalue weighted by Gasteiger charge is -2.44. The van der Waals surface area contributed by atoms with Crippen molar-refractivity contribution in [2.75, 3.05) is 11.5 Å². The predicted molar refractivity (Wildman–Crippen MR) is 97.9 cm³/mol. The van der Waals surface area contributed by atoms with Crippen molar-refractivity contribution in [1.29, 1.82) is 0 Å². The van der Waals surface area contributed by atoms with E-state index in [1.165, 1.54) is 44.5 Å². The molecule has 1 atom stereocenters. The van der Waals surface area contributed by atoms with Gasteiger partial charge in [0.05, 0.1) is 11.8 Å². The van der Waals surface area contributed by atoms with Crippen LogP contribution in [0.2, 0.25) is 0 Å². The molecular weight excluding hydrogens is 408 g/mol. The van der Waals surface area contributed by atoms with Gasteiger partial charge in [-0.15, -0.1) is 28.6 Å². The minimum absolute atomic E-state index is 0.0286. The fourth-order valence-corrected chi connectivity index (χ4v) is 5.36. The zero-order valence-electron chi connectivity index (χ0n) is 14.4. The minimum Gasteiger partial charge on any atom is -0.477 e. The van der Waals surface area contributed by atoms with Crippen molar-refractivity contribution in [1.82, 2.24) is 30.0 Å². The molecule has 2 amide bonds. The molecule has 4 rings (SSSR count). The predicted octanol–water partition coefficient (Wildman–Crippen LogP) is 0.288. The first-order valence-electron chi connectivity index (χ1n) is 8.09. The van der Waals surface area contributed by atoms with Crippen LogP contribution in [-0.2, 0) is 9.59 Å². The summed E-state index contributed by atoms with van der Waals surface area (Å²) in [6.07, 6.45) is 0.352. The lowest BCUT2D eigenvalue weighted by molar-refractivity contribution is -0.146. The van der Waals surface area contributed by atoms with Crippen molar-refractivity contribution < 1.29 is 24.7 Å². The van der Waals surface area contributed by atoms with E-state index in [0.29, 0.717) is 28.6 Å². The van der Waals surface area contributed by atoms with Gasteiger partial charge in [0.1, 0.15) is 22.2 Å². The molecule has 2 aliphatic rings. The molecule has 0 bridgehead atoms. The molecule has 0 spiro atoms.